The number of nitrogens with two attached hydrogens (primary N) is 1. The van der Waals surface area contributed by atoms with Gasteiger partial charge < -0.3 is 10.8 Å². The van der Waals surface area contributed by atoms with Gasteiger partial charge in [-0.05, 0) is 12.0 Å². The van der Waals surface area contributed by atoms with E-state index in [1.807, 2.05) is 0 Å². The van der Waals surface area contributed by atoms with Gasteiger partial charge in [-0.1, -0.05) is 36.4 Å². The van der Waals surface area contributed by atoms with Crippen LogP contribution < -0.4 is 5.73 Å². The van der Waals surface area contributed by atoms with Crippen molar-refractivity contribution in [3.8, 4) is 0 Å². The van der Waals surface area contributed by atoms with Crippen molar-refractivity contribution in [3.05, 3.63) is 16.3 Å². The van der Waals surface area contributed by atoms with Gasteiger partial charge in [-0.15, -0.1) is 22.0 Å². The van der Waals surface area contributed by atoms with E-state index < -0.39 is 12.0 Å². The fraction of sp³-hybridized carbons (Fsp3) is 0.571. The first kappa shape index (κ1) is 17.7. The van der Waals surface area contributed by atoms with E-state index in [4.69, 9.17) is 5.73 Å². The van der Waals surface area contributed by atoms with Gasteiger partial charge in [0.15, 0.2) is 4.34 Å². The molecule has 10 heteroatoms. The van der Waals surface area contributed by atoms with Crippen molar-refractivity contribution in [2.45, 2.75) is 41.9 Å². The molecule has 2 atom stereocenters. The second kappa shape index (κ2) is 7.42. The monoisotopic (exact) mass is 386 g/mol. The van der Waals surface area contributed by atoms with Crippen LogP contribution >= 0.6 is 34.9 Å². The molecule has 0 radical (unpaired) electrons. The Hall–Kier alpha value is -1.10. The van der Waals surface area contributed by atoms with Crippen LogP contribution in [0.1, 0.15) is 24.8 Å². The molecule has 1 aromatic rings. The molecule has 0 saturated carbocycles. The Morgan fingerprint density at radius 1 is 1.50 bits per heavy atom. The van der Waals surface area contributed by atoms with E-state index in [1.165, 1.54) is 28.4 Å². The topological polar surface area (TPSA) is 109 Å². The summed E-state index contributed by atoms with van der Waals surface area (Å²) in [5.74, 6) is -0.331. The molecule has 0 aromatic carbocycles. The van der Waals surface area contributed by atoms with E-state index >= 15 is 0 Å². The van der Waals surface area contributed by atoms with Gasteiger partial charge in [0.1, 0.15) is 22.1 Å². The number of carboxylic acid groups (broad SMARTS) is 1. The summed E-state index contributed by atoms with van der Waals surface area (Å²) in [5, 5.41) is 18.6. The van der Waals surface area contributed by atoms with Crippen LogP contribution in [0, 0.1) is 0 Å². The second-order valence-electron chi connectivity index (χ2n) is 5.55. The van der Waals surface area contributed by atoms with Gasteiger partial charge in [-0.3, -0.25) is 9.69 Å². The number of hydrogen-bond acceptors (Lipinski definition) is 8. The molecule has 3 heterocycles. The van der Waals surface area contributed by atoms with Crippen molar-refractivity contribution in [3.63, 3.8) is 0 Å². The number of aromatic nitrogens is 2. The summed E-state index contributed by atoms with van der Waals surface area (Å²) >= 11 is 4.54. The number of β-lactam (4-membered cyclic amide) rings is 1. The normalized spacial score (nSPS) is 23.2. The van der Waals surface area contributed by atoms with Crippen molar-refractivity contribution in [1.29, 1.82) is 0 Å². The van der Waals surface area contributed by atoms with Crippen LogP contribution in [0.3, 0.4) is 0 Å². The zero-order valence-electron chi connectivity index (χ0n) is 13.1. The number of hydrogen-bond donors (Lipinski definition) is 2. The van der Waals surface area contributed by atoms with Gasteiger partial charge in [0.05, 0.1) is 0 Å². The maximum atomic E-state index is 11.9. The summed E-state index contributed by atoms with van der Waals surface area (Å²) in [6.07, 6.45) is 3.12. The summed E-state index contributed by atoms with van der Waals surface area (Å²) in [6, 6.07) is -0.595. The van der Waals surface area contributed by atoms with Gasteiger partial charge in [-0.25, -0.2) is 4.79 Å². The Morgan fingerprint density at radius 2 is 2.29 bits per heavy atom. The summed E-state index contributed by atoms with van der Waals surface area (Å²) in [4.78, 5) is 24.8. The molecule has 24 heavy (non-hydrogen) atoms. The minimum absolute atomic E-state index is 0.0914. The lowest BCUT2D eigenvalue weighted by Gasteiger charge is -2.48. The van der Waals surface area contributed by atoms with Crippen LogP contribution in [0.15, 0.2) is 15.6 Å². The van der Waals surface area contributed by atoms with Crippen LogP contribution in [-0.2, 0) is 16.0 Å². The van der Waals surface area contributed by atoms with Gasteiger partial charge in [0.25, 0.3) is 0 Å². The highest BCUT2D eigenvalue weighted by Crippen LogP contribution is 2.40. The lowest BCUT2D eigenvalue weighted by atomic mass is 10.0. The zero-order valence-corrected chi connectivity index (χ0v) is 15.5. The van der Waals surface area contributed by atoms with Crippen molar-refractivity contribution >= 4 is 46.7 Å². The van der Waals surface area contributed by atoms with Crippen molar-refractivity contribution < 1.29 is 14.7 Å². The number of rotatable bonds is 7. The number of aryl methyl sites for hydroxylation is 1. The summed E-state index contributed by atoms with van der Waals surface area (Å²) in [7, 11) is 0. The Balaban J connectivity index is 1.70. The zero-order chi connectivity index (χ0) is 17.3. The van der Waals surface area contributed by atoms with E-state index in [-0.39, 0.29) is 17.0 Å². The Bertz CT molecular complexity index is 691. The predicted molar refractivity (Wildman–Crippen MR) is 95.0 cm³/mol. The predicted octanol–water partition coefficient (Wildman–Crippen LogP) is 1.55. The number of unbranched alkanes of at least 4 members (excludes halogenated alkanes) is 1. The molecule has 130 valence electrons. The Labute approximate surface area is 152 Å². The molecule has 1 aromatic heterocycles. The molecule has 3 rings (SSSR count). The lowest BCUT2D eigenvalue weighted by molar-refractivity contribution is -0.147. The number of nitrogens with zero attached hydrogens (tertiary/aromatic N) is 3. The lowest BCUT2D eigenvalue weighted by Crippen LogP contribution is -2.68. The summed E-state index contributed by atoms with van der Waals surface area (Å²) in [6.45, 7) is 2.13. The molecule has 7 nitrogen and oxygen atoms in total. The molecular formula is C14H18N4O3S3. The molecular weight excluding hydrogens is 368 g/mol. The van der Waals surface area contributed by atoms with Crippen LogP contribution in [0.5, 0.6) is 0 Å². The highest BCUT2D eigenvalue weighted by atomic mass is 32.2. The highest BCUT2D eigenvalue weighted by molar-refractivity contribution is 8.01. The number of carbonyl (C=O) groups is 2. The average molecular weight is 387 g/mol. The van der Waals surface area contributed by atoms with Crippen molar-refractivity contribution in [1.82, 2.24) is 15.1 Å². The van der Waals surface area contributed by atoms with Gasteiger partial charge in [0.2, 0.25) is 5.91 Å². The Kier molecular flexibility index (Phi) is 5.48. The van der Waals surface area contributed by atoms with Crippen LogP contribution in [0.4, 0.5) is 0 Å². The van der Waals surface area contributed by atoms with E-state index in [2.05, 4.69) is 17.1 Å². The van der Waals surface area contributed by atoms with Gasteiger partial charge in [0, 0.05) is 17.9 Å². The van der Waals surface area contributed by atoms with Crippen LogP contribution in [-0.4, -0.2) is 55.0 Å². The third-order valence-electron chi connectivity index (χ3n) is 3.85. The van der Waals surface area contributed by atoms with E-state index in [0.717, 1.165) is 34.2 Å². The summed E-state index contributed by atoms with van der Waals surface area (Å²) < 4.78 is 0.831. The minimum Gasteiger partial charge on any atom is -0.477 e. The first-order chi connectivity index (χ1) is 11.5. The molecule has 2 unspecified atom stereocenters. The first-order valence-electron chi connectivity index (χ1n) is 7.63. The quantitative estimate of drug-likeness (QED) is 0.537. The fourth-order valence-corrected chi connectivity index (χ4v) is 5.93. The number of amides is 1. The largest absolute Gasteiger partial charge is 0.477 e. The molecule has 1 saturated heterocycles. The number of thioether (sulfide) groups is 2. The maximum absolute atomic E-state index is 11.9. The molecule has 0 aliphatic carbocycles. The molecule has 2 aliphatic rings. The first-order valence-corrected chi connectivity index (χ1v) is 10.5. The smallest absolute Gasteiger partial charge is 0.352 e. The number of fused-ring (bicyclic) bond motifs is 1. The molecule has 3 N–H and O–H groups in total. The number of carboxylic acids is 1. The van der Waals surface area contributed by atoms with Gasteiger partial charge in [-0.2, -0.15) is 0 Å². The highest BCUT2D eigenvalue weighted by Gasteiger charge is 2.51. The number of aliphatic carboxylic acids is 1. The Morgan fingerprint density at radius 3 is 3.00 bits per heavy atom. The third-order valence-corrected chi connectivity index (χ3v) is 7.42. The van der Waals surface area contributed by atoms with Crippen LogP contribution in [0.2, 0.25) is 0 Å². The van der Waals surface area contributed by atoms with Crippen molar-refractivity contribution in [2.75, 3.05) is 11.5 Å². The standard InChI is InChI=1S/C14H18N4O3S3/c1-2-3-4-8-16-17-14(24-8)23-6-7-5-22-12-9(15)11(19)18(12)10(7)13(20)21/h9,12H,2-6,15H2,1H3,(H,20,21). The molecule has 0 bridgehead atoms. The SMILES string of the molecule is CCCCc1nnc(SCC2=C(C(=O)O)N3C(=O)C(N)C3SC2)s1. The summed E-state index contributed by atoms with van der Waals surface area (Å²) in [5.41, 5.74) is 6.57. The maximum Gasteiger partial charge on any atom is 0.352 e. The van der Waals surface area contributed by atoms with Crippen LogP contribution in [0.25, 0.3) is 0 Å². The molecule has 0 spiro atoms. The fourth-order valence-electron chi connectivity index (χ4n) is 2.57. The molecule has 2 aliphatic heterocycles. The van der Waals surface area contributed by atoms with Crippen molar-refractivity contribution in [2.24, 2.45) is 5.73 Å². The minimum atomic E-state index is -1.07. The van der Waals surface area contributed by atoms with E-state index in [0.29, 0.717) is 11.5 Å². The average Bonchev–Trinajstić information content (AvgIpc) is 3.04. The van der Waals surface area contributed by atoms with E-state index in [9.17, 15) is 14.7 Å². The second-order valence-corrected chi connectivity index (χ2v) is 8.94. The van der Waals surface area contributed by atoms with E-state index in [1.54, 1.807) is 11.3 Å². The third kappa shape index (κ3) is 3.32. The molecule has 1 fully saturated rings. The molecule has 1 amide bonds. The number of carbonyl (C=O) groups excluding carboxylic acids is 1. The van der Waals surface area contributed by atoms with Gasteiger partial charge >= 0.3 is 5.97 Å².